The number of pyridine rings is 1. The lowest BCUT2D eigenvalue weighted by Gasteiger charge is -2.33. The number of nitrogens with zero attached hydrogens (tertiary/aromatic N) is 2. The van der Waals surface area contributed by atoms with Crippen LogP contribution in [0.25, 0.3) is 0 Å². The Morgan fingerprint density at radius 3 is 2.88 bits per heavy atom. The molecule has 0 spiro atoms. The zero-order valence-corrected chi connectivity index (χ0v) is 9.83. The lowest BCUT2D eigenvalue weighted by Crippen LogP contribution is -2.38. The third-order valence-corrected chi connectivity index (χ3v) is 3.23. The number of nitrogens with one attached hydrogen (secondary N) is 1. The van der Waals surface area contributed by atoms with Crippen molar-refractivity contribution < 1.29 is 0 Å². The fourth-order valence-corrected chi connectivity index (χ4v) is 2.32. The largest absolute Gasteiger partial charge is 0.382 e. The molecule has 0 amide bonds. The van der Waals surface area contributed by atoms with E-state index in [1.54, 1.807) is 6.20 Å². The quantitative estimate of drug-likeness (QED) is 0.587. The molecule has 0 aliphatic carbocycles. The first kappa shape index (κ1) is 10.9. The summed E-state index contributed by atoms with van der Waals surface area (Å²) in [5.74, 6) is 0.0267. The van der Waals surface area contributed by atoms with Crippen LogP contribution in [-0.2, 0) is 0 Å². The molecule has 0 radical (unpaired) electrons. The third-order valence-electron chi connectivity index (χ3n) is 3.23. The molecule has 16 heavy (non-hydrogen) atoms. The van der Waals surface area contributed by atoms with E-state index in [-0.39, 0.29) is 11.4 Å². The highest BCUT2D eigenvalue weighted by molar-refractivity contribution is 5.93. The van der Waals surface area contributed by atoms with Crippen molar-refractivity contribution in [3.05, 3.63) is 24.0 Å². The molecule has 4 heteroatoms. The van der Waals surface area contributed by atoms with Crippen LogP contribution < -0.4 is 10.6 Å². The minimum absolute atomic E-state index is 0.0267. The first-order valence-electron chi connectivity index (χ1n) is 5.59. The maximum Gasteiger partial charge on any atom is 0.141 e. The molecule has 2 rings (SSSR count). The average molecular weight is 218 g/mol. The van der Waals surface area contributed by atoms with Gasteiger partial charge in [0.15, 0.2) is 0 Å². The molecule has 1 aliphatic rings. The fraction of sp³-hybridized carbons (Fsp3) is 0.500. The Labute approximate surface area is 96.0 Å². The zero-order valence-electron chi connectivity index (χ0n) is 9.83. The van der Waals surface area contributed by atoms with E-state index in [1.807, 2.05) is 12.1 Å². The highest BCUT2D eigenvalue weighted by Gasteiger charge is 2.32. The standard InChI is InChI=1S/C12H18N4/c1-12(2)5-3-7-16(12)9-4-6-15-10(8-9)11(13)14/h4,6,8H,3,5,7H2,1-2H3,(H3,13,14). The average Bonchev–Trinajstić information content (AvgIpc) is 2.58. The number of amidine groups is 1. The first-order chi connectivity index (χ1) is 7.50. The molecule has 2 heterocycles. The van der Waals surface area contributed by atoms with Crippen molar-refractivity contribution in [1.29, 1.82) is 5.41 Å². The van der Waals surface area contributed by atoms with Crippen LogP contribution in [0.2, 0.25) is 0 Å². The highest BCUT2D eigenvalue weighted by Crippen LogP contribution is 2.33. The van der Waals surface area contributed by atoms with E-state index in [1.165, 1.54) is 12.8 Å². The summed E-state index contributed by atoms with van der Waals surface area (Å²) in [6, 6.07) is 3.88. The number of nitrogen functional groups attached to an aromatic ring is 1. The third kappa shape index (κ3) is 1.87. The predicted octanol–water partition coefficient (Wildman–Crippen LogP) is 1.74. The molecule has 1 aliphatic heterocycles. The first-order valence-corrected chi connectivity index (χ1v) is 5.59. The summed E-state index contributed by atoms with van der Waals surface area (Å²) in [5.41, 5.74) is 7.31. The van der Waals surface area contributed by atoms with Crippen molar-refractivity contribution in [3.8, 4) is 0 Å². The predicted molar refractivity (Wildman–Crippen MR) is 65.9 cm³/mol. The maximum atomic E-state index is 7.40. The molecule has 3 N–H and O–H groups in total. The molecule has 4 nitrogen and oxygen atoms in total. The van der Waals surface area contributed by atoms with E-state index < -0.39 is 0 Å². The Kier molecular flexibility index (Phi) is 2.58. The van der Waals surface area contributed by atoms with Crippen LogP contribution in [0.3, 0.4) is 0 Å². The molecule has 0 bridgehead atoms. The number of nitrogens with two attached hydrogens (primary N) is 1. The number of hydrogen-bond acceptors (Lipinski definition) is 3. The Morgan fingerprint density at radius 1 is 1.56 bits per heavy atom. The van der Waals surface area contributed by atoms with Crippen LogP contribution in [0, 0.1) is 5.41 Å². The van der Waals surface area contributed by atoms with Gasteiger partial charge in [0.25, 0.3) is 0 Å². The van der Waals surface area contributed by atoms with E-state index in [0.29, 0.717) is 5.69 Å². The highest BCUT2D eigenvalue weighted by atomic mass is 15.2. The number of anilines is 1. The van der Waals surface area contributed by atoms with Gasteiger partial charge in [-0.05, 0) is 38.8 Å². The monoisotopic (exact) mass is 218 g/mol. The summed E-state index contributed by atoms with van der Waals surface area (Å²) in [4.78, 5) is 6.44. The van der Waals surface area contributed by atoms with E-state index in [0.717, 1.165) is 12.2 Å². The maximum absolute atomic E-state index is 7.40. The smallest absolute Gasteiger partial charge is 0.141 e. The van der Waals surface area contributed by atoms with Gasteiger partial charge in [-0.2, -0.15) is 0 Å². The minimum Gasteiger partial charge on any atom is -0.382 e. The molecule has 1 aromatic rings. The van der Waals surface area contributed by atoms with Crippen molar-refractivity contribution in [2.24, 2.45) is 5.73 Å². The topological polar surface area (TPSA) is 66.0 Å². The Morgan fingerprint density at radius 2 is 2.31 bits per heavy atom. The molecule has 1 aromatic heterocycles. The Hall–Kier alpha value is -1.58. The Bertz CT molecular complexity index is 411. The molecule has 0 atom stereocenters. The lowest BCUT2D eigenvalue weighted by atomic mass is 10.0. The van der Waals surface area contributed by atoms with E-state index in [9.17, 15) is 0 Å². The van der Waals surface area contributed by atoms with Gasteiger partial charge in [-0.3, -0.25) is 10.4 Å². The summed E-state index contributed by atoms with van der Waals surface area (Å²) >= 11 is 0. The molecule has 0 unspecified atom stereocenters. The van der Waals surface area contributed by atoms with Crippen molar-refractivity contribution in [3.63, 3.8) is 0 Å². The summed E-state index contributed by atoms with van der Waals surface area (Å²) < 4.78 is 0. The van der Waals surface area contributed by atoms with Crippen LogP contribution in [0.4, 0.5) is 5.69 Å². The van der Waals surface area contributed by atoms with Gasteiger partial charge < -0.3 is 10.6 Å². The second-order valence-corrected chi connectivity index (χ2v) is 4.88. The zero-order chi connectivity index (χ0) is 11.8. The molecular weight excluding hydrogens is 200 g/mol. The van der Waals surface area contributed by atoms with Crippen molar-refractivity contribution in [2.75, 3.05) is 11.4 Å². The van der Waals surface area contributed by atoms with Crippen LogP contribution in [0.15, 0.2) is 18.3 Å². The second kappa shape index (κ2) is 3.77. The van der Waals surface area contributed by atoms with E-state index >= 15 is 0 Å². The Balaban J connectivity index is 2.34. The molecule has 0 saturated carbocycles. The van der Waals surface area contributed by atoms with Crippen LogP contribution in [0.5, 0.6) is 0 Å². The van der Waals surface area contributed by atoms with Gasteiger partial charge in [0.2, 0.25) is 0 Å². The van der Waals surface area contributed by atoms with Gasteiger partial charge in [-0.15, -0.1) is 0 Å². The molecule has 86 valence electrons. The summed E-state index contributed by atoms with van der Waals surface area (Å²) in [6.07, 6.45) is 4.13. The van der Waals surface area contributed by atoms with Crippen LogP contribution >= 0.6 is 0 Å². The fourth-order valence-electron chi connectivity index (χ4n) is 2.32. The number of hydrogen-bond donors (Lipinski definition) is 2. The summed E-state index contributed by atoms with van der Waals surface area (Å²) in [5, 5.41) is 7.40. The normalized spacial score (nSPS) is 18.8. The number of rotatable bonds is 2. The van der Waals surface area contributed by atoms with Gasteiger partial charge in [-0.1, -0.05) is 0 Å². The molecular formula is C12H18N4. The lowest BCUT2D eigenvalue weighted by molar-refractivity contribution is 0.518. The van der Waals surface area contributed by atoms with Gasteiger partial charge in [0, 0.05) is 24.0 Å². The van der Waals surface area contributed by atoms with Crippen molar-refractivity contribution in [1.82, 2.24) is 4.98 Å². The van der Waals surface area contributed by atoms with Crippen LogP contribution in [-0.4, -0.2) is 22.9 Å². The van der Waals surface area contributed by atoms with Gasteiger partial charge in [0.05, 0.1) is 0 Å². The van der Waals surface area contributed by atoms with Crippen LogP contribution in [0.1, 0.15) is 32.4 Å². The van der Waals surface area contributed by atoms with Gasteiger partial charge >= 0.3 is 0 Å². The van der Waals surface area contributed by atoms with E-state index in [4.69, 9.17) is 11.1 Å². The minimum atomic E-state index is 0.0267. The molecule has 1 fully saturated rings. The SMILES string of the molecule is CC1(C)CCCN1c1ccnc(C(=N)N)c1. The van der Waals surface area contributed by atoms with Gasteiger partial charge in [0.1, 0.15) is 11.5 Å². The molecule has 0 aromatic carbocycles. The summed E-state index contributed by atoms with van der Waals surface area (Å²) in [7, 11) is 0. The van der Waals surface area contributed by atoms with Crippen molar-refractivity contribution in [2.45, 2.75) is 32.2 Å². The number of aromatic nitrogens is 1. The van der Waals surface area contributed by atoms with Crippen molar-refractivity contribution >= 4 is 11.5 Å². The second-order valence-electron chi connectivity index (χ2n) is 4.88. The summed E-state index contributed by atoms with van der Waals surface area (Å²) in [6.45, 7) is 5.55. The van der Waals surface area contributed by atoms with E-state index in [2.05, 4.69) is 23.7 Å². The van der Waals surface area contributed by atoms with Gasteiger partial charge in [-0.25, -0.2) is 0 Å². The molecule has 1 saturated heterocycles.